The first-order chi connectivity index (χ1) is 9.22. The van der Waals surface area contributed by atoms with Gasteiger partial charge in [-0.15, -0.1) is 0 Å². The lowest BCUT2D eigenvalue weighted by molar-refractivity contribution is -0.384. The smallest absolute Gasteiger partial charge is 0.271 e. The van der Waals surface area contributed by atoms with Crippen LogP contribution in [0.4, 0.5) is 5.69 Å². The van der Waals surface area contributed by atoms with Gasteiger partial charge in [0.2, 0.25) is 0 Å². The Labute approximate surface area is 110 Å². The number of nitrogens with one attached hydrogen (secondary N) is 1. The summed E-state index contributed by atoms with van der Waals surface area (Å²) in [5.41, 5.74) is 0.681. The number of aromatic nitrogens is 3. The number of hydrogen-bond acceptors (Lipinski definition) is 5. The van der Waals surface area contributed by atoms with E-state index in [-0.39, 0.29) is 5.69 Å². The van der Waals surface area contributed by atoms with E-state index < -0.39 is 4.92 Å². The maximum Gasteiger partial charge on any atom is 0.271 e. The van der Waals surface area contributed by atoms with E-state index in [9.17, 15) is 10.1 Å². The van der Waals surface area contributed by atoms with Gasteiger partial charge in [0.05, 0.1) is 17.2 Å². The summed E-state index contributed by atoms with van der Waals surface area (Å²) in [5, 5.41) is 18.1. The maximum atomic E-state index is 10.8. The zero-order chi connectivity index (χ0) is 13.7. The summed E-state index contributed by atoms with van der Waals surface area (Å²) in [5.74, 6) is 0.731. The first-order valence-electron chi connectivity index (χ1n) is 6.07. The van der Waals surface area contributed by atoms with Crippen LogP contribution in [0.3, 0.4) is 0 Å². The summed E-state index contributed by atoms with van der Waals surface area (Å²) in [4.78, 5) is 14.5. The van der Waals surface area contributed by atoms with Crippen LogP contribution in [0.25, 0.3) is 5.69 Å². The van der Waals surface area contributed by atoms with Crippen LogP contribution in [-0.2, 0) is 6.54 Å². The van der Waals surface area contributed by atoms with Gasteiger partial charge in [-0.25, -0.2) is 9.67 Å². The van der Waals surface area contributed by atoms with Gasteiger partial charge in [-0.1, -0.05) is 13.0 Å². The van der Waals surface area contributed by atoms with Gasteiger partial charge in [-0.3, -0.25) is 10.1 Å². The van der Waals surface area contributed by atoms with E-state index in [1.807, 2.05) is 0 Å². The van der Waals surface area contributed by atoms with E-state index in [4.69, 9.17) is 0 Å². The number of nitro benzene ring substituents is 1. The second kappa shape index (κ2) is 6.05. The van der Waals surface area contributed by atoms with Gasteiger partial charge in [0, 0.05) is 12.1 Å². The highest BCUT2D eigenvalue weighted by molar-refractivity contribution is 5.42. The first kappa shape index (κ1) is 13.2. The van der Waals surface area contributed by atoms with Gasteiger partial charge >= 0.3 is 0 Å². The van der Waals surface area contributed by atoms with Crippen molar-refractivity contribution >= 4 is 5.69 Å². The second-order valence-corrected chi connectivity index (χ2v) is 4.04. The molecule has 0 unspecified atom stereocenters. The molecular weight excluding hydrogens is 246 g/mol. The number of nitro groups is 1. The zero-order valence-electron chi connectivity index (χ0n) is 10.6. The van der Waals surface area contributed by atoms with Crippen molar-refractivity contribution in [1.29, 1.82) is 0 Å². The molecule has 1 aromatic carbocycles. The molecule has 19 heavy (non-hydrogen) atoms. The molecule has 0 radical (unpaired) electrons. The van der Waals surface area contributed by atoms with Crippen molar-refractivity contribution < 1.29 is 4.92 Å². The predicted molar refractivity (Wildman–Crippen MR) is 70.0 cm³/mol. The average molecular weight is 261 g/mol. The third-order valence-electron chi connectivity index (χ3n) is 2.61. The van der Waals surface area contributed by atoms with Crippen LogP contribution >= 0.6 is 0 Å². The van der Waals surface area contributed by atoms with Crippen molar-refractivity contribution in [1.82, 2.24) is 20.1 Å². The Bertz CT molecular complexity index is 567. The van der Waals surface area contributed by atoms with Crippen LogP contribution in [0, 0.1) is 10.1 Å². The molecule has 0 saturated heterocycles. The minimum Gasteiger partial charge on any atom is -0.310 e. The lowest BCUT2D eigenvalue weighted by Crippen LogP contribution is -2.17. The molecule has 0 saturated carbocycles. The van der Waals surface area contributed by atoms with Gasteiger partial charge in [-0.2, -0.15) is 5.10 Å². The van der Waals surface area contributed by atoms with Crippen LogP contribution in [0.5, 0.6) is 0 Å². The Morgan fingerprint density at radius 1 is 1.47 bits per heavy atom. The highest BCUT2D eigenvalue weighted by Gasteiger charge is 2.10. The van der Waals surface area contributed by atoms with E-state index >= 15 is 0 Å². The number of nitrogens with zero attached hydrogens (tertiary/aromatic N) is 4. The summed E-state index contributed by atoms with van der Waals surface area (Å²) in [7, 11) is 0. The van der Waals surface area contributed by atoms with E-state index in [1.165, 1.54) is 18.5 Å². The molecule has 100 valence electrons. The molecule has 2 aromatic rings. The molecule has 0 bridgehead atoms. The molecule has 1 heterocycles. The molecule has 1 N–H and O–H groups in total. The Balaban J connectivity index is 2.24. The van der Waals surface area contributed by atoms with Gasteiger partial charge in [0.1, 0.15) is 12.2 Å². The van der Waals surface area contributed by atoms with E-state index in [2.05, 4.69) is 22.3 Å². The molecule has 1 aromatic heterocycles. The molecule has 0 aliphatic heterocycles. The van der Waals surface area contributed by atoms with Crippen LogP contribution in [-0.4, -0.2) is 26.2 Å². The van der Waals surface area contributed by atoms with E-state index in [0.717, 1.165) is 18.8 Å². The standard InChI is InChI=1S/C12H15N5O2/c1-2-6-13-8-12-14-9-15-16(12)10-4-3-5-11(7-10)17(18)19/h3-5,7,9,13H,2,6,8H2,1H3. The van der Waals surface area contributed by atoms with Gasteiger partial charge in [0.15, 0.2) is 0 Å². The fourth-order valence-corrected chi connectivity index (χ4v) is 1.72. The molecule has 7 heteroatoms. The molecule has 0 amide bonds. The summed E-state index contributed by atoms with van der Waals surface area (Å²) in [6, 6.07) is 6.34. The minimum absolute atomic E-state index is 0.0421. The van der Waals surface area contributed by atoms with Gasteiger partial charge in [0.25, 0.3) is 5.69 Å². The zero-order valence-corrected chi connectivity index (χ0v) is 10.6. The van der Waals surface area contributed by atoms with Crippen molar-refractivity contribution in [3.63, 3.8) is 0 Å². The topological polar surface area (TPSA) is 85.9 Å². The normalized spacial score (nSPS) is 10.6. The van der Waals surface area contributed by atoms with Crippen LogP contribution in [0.15, 0.2) is 30.6 Å². The maximum absolute atomic E-state index is 10.8. The third kappa shape index (κ3) is 3.14. The summed E-state index contributed by atoms with van der Waals surface area (Å²) >= 11 is 0. The van der Waals surface area contributed by atoms with E-state index in [0.29, 0.717) is 12.2 Å². The Hall–Kier alpha value is -2.28. The van der Waals surface area contributed by atoms with Crippen LogP contribution < -0.4 is 5.32 Å². The van der Waals surface area contributed by atoms with Crippen LogP contribution in [0.1, 0.15) is 19.2 Å². The molecule has 0 spiro atoms. The molecule has 0 atom stereocenters. The van der Waals surface area contributed by atoms with Crippen LogP contribution in [0.2, 0.25) is 0 Å². The van der Waals surface area contributed by atoms with Crippen molar-refractivity contribution in [2.24, 2.45) is 0 Å². The first-order valence-corrected chi connectivity index (χ1v) is 6.07. The highest BCUT2D eigenvalue weighted by atomic mass is 16.6. The number of benzene rings is 1. The van der Waals surface area contributed by atoms with Crippen molar-refractivity contribution in [3.8, 4) is 5.69 Å². The summed E-state index contributed by atoms with van der Waals surface area (Å²) in [6.45, 7) is 3.55. The Morgan fingerprint density at radius 2 is 2.32 bits per heavy atom. The summed E-state index contributed by atoms with van der Waals surface area (Å²) < 4.78 is 1.61. The fourth-order valence-electron chi connectivity index (χ4n) is 1.72. The molecule has 2 rings (SSSR count). The van der Waals surface area contributed by atoms with E-state index in [1.54, 1.807) is 16.8 Å². The lowest BCUT2D eigenvalue weighted by Gasteiger charge is -2.06. The highest BCUT2D eigenvalue weighted by Crippen LogP contribution is 2.16. The number of hydrogen-bond donors (Lipinski definition) is 1. The predicted octanol–water partition coefficient (Wildman–Crippen LogP) is 1.68. The Kier molecular flexibility index (Phi) is 4.19. The average Bonchev–Trinajstić information content (AvgIpc) is 2.87. The molecule has 0 aliphatic carbocycles. The fraction of sp³-hybridized carbons (Fsp3) is 0.333. The second-order valence-electron chi connectivity index (χ2n) is 4.04. The third-order valence-corrected chi connectivity index (χ3v) is 2.61. The molecule has 7 nitrogen and oxygen atoms in total. The number of non-ortho nitro benzene ring substituents is 1. The van der Waals surface area contributed by atoms with Crippen molar-refractivity contribution in [2.45, 2.75) is 19.9 Å². The van der Waals surface area contributed by atoms with Gasteiger partial charge in [-0.05, 0) is 19.0 Å². The quantitative estimate of drug-likeness (QED) is 0.485. The molecular formula is C12H15N5O2. The Morgan fingerprint density at radius 3 is 3.05 bits per heavy atom. The largest absolute Gasteiger partial charge is 0.310 e. The lowest BCUT2D eigenvalue weighted by atomic mass is 10.3. The minimum atomic E-state index is -0.421. The number of rotatable bonds is 6. The SMILES string of the molecule is CCCNCc1ncnn1-c1cccc([N+](=O)[O-])c1. The van der Waals surface area contributed by atoms with Crippen molar-refractivity contribution in [2.75, 3.05) is 6.54 Å². The monoisotopic (exact) mass is 261 g/mol. The molecule has 0 fully saturated rings. The van der Waals surface area contributed by atoms with Gasteiger partial charge < -0.3 is 5.32 Å². The van der Waals surface area contributed by atoms with Crippen molar-refractivity contribution in [3.05, 3.63) is 46.5 Å². The molecule has 0 aliphatic rings. The summed E-state index contributed by atoms with van der Waals surface area (Å²) in [6.07, 6.45) is 2.48.